The van der Waals surface area contributed by atoms with Crippen molar-refractivity contribution < 1.29 is 19.1 Å². The van der Waals surface area contributed by atoms with Crippen LogP contribution in [0.2, 0.25) is 0 Å². The highest BCUT2D eigenvalue weighted by molar-refractivity contribution is 6.06. The van der Waals surface area contributed by atoms with Gasteiger partial charge in [-0.25, -0.2) is 0 Å². The second kappa shape index (κ2) is 6.73. The molecule has 4 nitrogen and oxygen atoms in total. The number of carbonyl (C=O) groups is 2. The van der Waals surface area contributed by atoms with Crippen molar-refractivity contribution in [2.75, 3.05) is 13.2 Å². The number of ether oxygens (including phenoxy) is 2. The lowest BCUT2D eigenvalue weighted by Gasteiger charge is -2.34. The Bertz CT molecular complexity index is 689. The first kappa shape index (κ1) is 16.7. The Morgan fingerprint density at radius 2 is 2.12 bits per heavy atom. The lowest BCUT2D eigenvalue weighted by Crippen LogP contribution is -2.45. The van der Waals surface area contributed by atoms with Crippen molar-refractivity contribution in [1.82, 2.24) is 0 Å². The lowest BCUT2D eigenvalue weighted by atomic mass is 9.71. The highest BCUT2D eigenvalue weighted by Gasteiger charge is 2.53. The summed E-state index contributed by atoms with van der Waals surface area (Å²) in [6.07, 6.45) is 5.80. The molecule has 1 saturated heterocycles. The van der Waals surface area contributed by atoms with Gasteiger partial charge in [0, 0.05) is 12.3 Å². The van der Waals surface area contributed by atoms with Crippen LogP contribution in [0, 0.1) is 11.8 Å². The molecule has 1 aliphatic carbocycles. The number of carbonyl (C=O) groups excluding carboxylic acids is 2. The zero-order chi connectivity index (χ0) is 17.2. The summed E-state index contributed by atoms with van der Waals surface area (Å²) in [7, 11) is 0. The molecule has 0 saturated carbocycles. The van der Waals surface area contributed by atoms with Crippen molar-refractivity contribution in [1.29, 1.82) is 0 Å². The molecule has 1 aromatic carbocycles. The van der Waals surface area contributed by atoms with Gasteiger partial charge in [-0.15, -0.1) is 0 Å². The molecule has 1 fully saturated rings. The summed E-state index contributed by atoms with van der Waals surface area (Å²) < 4.78 is 11.3. The maximum Gasteiger partial charge on any atom is 0.317 e. The van der Waals surface area contributed by atoms with Crippen LogP contribution in [0.4, 0.5) is 0 Å². The van der Waals surface area contributed by atoms with E-state index < -0.39 is 17.5 Å². The Balaban J connectivity index is 1.71. The predicted octanol–water partition coefficient (Wildman–Crippen LogP) is 2.88. The van der Waals surface area contributed by atoms with Crippen LogP contribution < -0.4 is 0 Å². The van der Waals surface area contributed by atoms with E-state index in [1.54, 1.807) is 6.08 Å². The van der Waals surface area contributed by atoms with E-state index in [1.165, 1.54) is 6.08 Å². The van der Waals surface area contributed by atoms with Crippen molar-refractivity contribution in [3.8, 4) is 0 Å². The van der Waals surface area contributed by atoms with Gasteiger partial charge in [-0.2, -0.15) is 0 Å². The van der Waals surface area contributed by atoms with Crippen molar-refractivity contribution in [3.05, 3.63) is 59.7 Å². The third-order valence-corrected chi connectivity index (χ3v) is 4.89. The van der Waals surface area contributed by atoms with Crippen molar-refractivity contribution in [2.24, 2.45) is 11.8 Å². The predicted molar refractivity (Wildman–Crippen MR) is 90.3 cm³/mol. The highest BCUT2D eigenvalue weighted by Crippen LogP contribution is 2.45. The van der Waals surface area contributed by atoms with Gasteiger partial charge in [-0.1, -0.05) is 36.4 Å². The van der Waals surface area contributed by atoms with Crippen LogP contribution in [0.5, 0.6) is 0 Å². The van der Waals surface area contributed by atoms with E-state index in [0.29, 0.717) is 13.0 Å². The average Bonchev–Trinajstić information content (AvgIpc) is 2.93. The molecule has 0 N–H and O–H groups in total. The van der Waals surface area contributed by atoms with Gasteiger partial charge < -0.3 is 9.47 Å². The van der Waals surface area contributed by atoms with E-state index in [1.807, 2.05) is 50.3 Å². The molecule has 1 heterocycles. The maximum atomic E-state index is 12.6. The molecule has 1 unspecified atom stereocenters. The summed E-state index contributed by atoms with van der Waals surface area (Å²) in [5.41, 5.74) is 1.47. The van der Waals surface area contributed by atoms with E-state index in [4.69, 9.17) is 9.47 Å². The van der Waals surface area contributed by atoms with Gasteiger partial charge in [0.2, 0.25) is 0 Å². The van der Waals surface area contributed by atoms with Gasteiger partial charge in [0.05, 0.1) is 18.8 Å². The highest BCUT2D eigenvalue weighted by atomic mass is 16.5. The summed E-state index contributed by atoms with van der Waals surface area (Å²) in [5, 5.41) is 0. The van der Waals surface area contributed by atoms with Gasteiger partial charge >= 0.3 is 5.97 Å². The zero-order valence-corrected chi connectivity index (χ0v) is 14.0. The largest absolute Gasteiger partial charge is 0.465 e. The molecule has 0 radical (unpaired) electrons. The molecule has 4 heteroatoms. The number of hydrogen-bond acceptors (Lipinski definition) is 4. The average molecular weight is 326 g/mol. The summed E-state index contributed by atoms with van der Waals surface area (Å²) in [6, 6.07) is 9.82. The Kier molecular flexibility index (Phi) is 4.67. The number of allylic oxidation sites excluding steroid dienone is 2. The van der Waals surface area contributed by atoms with Gasteiger partial charge in [0.25, 0.3) is 0 Å². The summed E-state index contributed by atoms with van der Waals surface area (Å²) in [5.74, 6) is -1.75. The van der Waals surface area contributed by atoms with Crippen LogP contribution in [-0.4, -0.2) is 30.6 Å². The van der Waals surface area contributed by atoms with E-state index in [0.717, 1.165) is 11.1 Å². The fourth-order valence-electron chi connectivity index (χ4n) is 3.52. The second-order valence-electron chi connectivity index (χ2n) is 6.43. The second-order valence-corrected chi connectivity index (χ2v) is 6.43. The van der Waals surface area contributed by atoms with Crippen LogP contribution in [0.15, 0.2) is 54.1 Å². The van der Waals surface area contributed by atoms with Gasteiger partial charge in [0.15, 0.2) is 5.78 Å². The fraction of sp³-hybridized carbons (Fsp3) is 0.400. The number of esters is 1. The molecule has 0 spiro atoms. The van der Waals surface area contributed by atoms with Gasteiger partial charge in [-0.3, -0.25) is 9.59 Å². The smallest absolute Gasteiger partial charge is 0.317 e. The topological polar surface area (TPSA) is 52.6 Å². The maximum absolute atomic E-state index is 12.6. The minimum atomic E-state index is -0.815. The standard InChI is InChI=1S/C20H22O4/c1-3-15-13-24-20(2)11-9-16(21)17(18(15)20)19(22)23-12-10-14-7-5-4-6-8-14/h3-9,11,17-18H,10,12-13H2,1-2H3/b15-3+/t17-,18?,20-/m1/s1. The molecular formula is C20H22O4. The van der Waals surface area contributed by atoms with Crippen LogP contribution in [-0.2, 0) is 25.5 Å². The quantitative estimate of drug-likeness (QED) is 0.485. The first-order valence-electron chi connectivity index (χ1n) is 8.28. The minimum absolute atomic E-state index is 0.202. The first-order chi connectivity index (χ1) is 11.5. The Morgan fingerprint density at radius 3 is 2.83 bits per heavy atom. The third-order valence-electron chi connectivity index (χ3n) is 4.89. The van der Waals surface area contributed by atoms with Crippen LogP contribution in [0.1, 0.15) is 19.4 Å². The summed E-state index contributed by atoms with van der Waals surface area (Å²) in [6.45, 7) is 4.54. The number of hydrogen-bond donors (Lipinski definition) is 0. The fourth-order valence-corrected chi connectivity index (χ4v) is 3.52. The summed E-state index contributed by atoms with van der Waals surface area (Å²) in [4.78, 5) is 24.9. The van der Waals surface area contributed by atoms with Crippen LogP contribution in [0.25, 0.3) is 0 Å². The molecule has 3 atom stereocenters. The zero-order valence-electron chi connectivity index (χ0n) is 14.0. The van der Waals surface area contributed by atoms with Crippen molar-refractivity contribution in [2.45, 2.75) is 25.9 Å². The Hall–Kier alpha value is -2.20. The summed E-state index contributed by atoms with van der Waals surface area (Å²) >= 11 is 0. The van der Waals surface area contributed by atoms with Crippen molar-refractivity contribution >= 4 is 11.8 Å². The van der Waals surface area contributed by atoms with Crippen LogP contribution in [0.3, 0.4) is 0 Å². The number of ketones is 1. The molecule has 0 bridgehead atoms. The molecule has 2 aliphatic rings. The lowest BCUT2D eigenvalue weighted by molar-refractivity contribution is -0.155. The van der Waals surface area contributed by atoms with Gasteiger partial charge in [-0.05, 0) is 37.1 Å². The molecule has 0 amide bonds. The number of benzene rings is 1. The molecule has 1 aromatic rings. The Labute approximate surface area is 142 Å². The van der Waals surface area contributed by atoms with E-state index in [-0.39, 0.29) is 18.3 Å². The minimum Gasteiger partial charge on any atom is -0.465 e. The first-order valence-corrected chi connectivity index (χ1v) is 8.28. The molecule has 24 heavy (non-hydrogen) atoms. The molecule has 3 rings (SSSR count). The van der Waals surface area contributed by atoms with E-state index in [2.05, 4.69) is 0 Å². The van der Waals surface area contributed by atoms with Crippen molar-refractivity contribution in [3.63, 3.8) is 0 Å². The Morgan fingerprint density at radius 1 is 1.38 bits per heavy atom. The molecule has 126 valence electrons. The molecule has 0 aromatic heterocycles. The molecular weight excluding hydrogens is 304 g/mol. The normalized spacial score (nSPS) is 30.4. The van der Waals surface area contributed by atoms with E-state index >= 15 is 0 Å². The monoisotopic (exact) mass is 326 g/mol. The van der Waals surface area contributed by atoms with Gasteiger partial charge in [0.1, 0.15) is 5.92 Å². The SMILES string of the molecule is C/C=C1\CO[C@]2(C)C=CC(=O)[C@@H](C(=O)OCCc3ccccc3)C12. The van der Waals surface area contributed by atoms with Crippen LogP contribution >= 0.6 is 0 Å². The van der Waals surface area contributed by atoms with E-state index in [9.17, 15) is 9.59 Å². The number of rotatable bonds is 4. The third kappa shape index (κ3) is 3.06. The molecule has 1 aliphatic heterocycles. The number of fused-ring (bicyclic) bond motifs is 1.